The fraction of sp³-hybridized carbons (Fsp3) is 0.400. The van der Waals surface area contributed by atoms with Crippen molar-refractivity contribution < 1.29 is 4.74 Å². The van der Waals surface area contributed by atoms with Gasteiger partial charge in [0.25, 0.3) is 0 Å². The molecule has 0 aliphatic rings. The van der Waals surface area contributed by atoms with Crippen LogP contribution >= 0.6 is 0 Å². The Morgan fingerprint density at radius 2 is 2.00 bits per heavy atom. The highest BCUT2D eigenvalue weighted by molar-refractivity contribution is 5.17. The predicted octanol–water partition coefficient (Wildman–Crippen LogP) is 3.06. The molecule has 0 aliphatic heterocycles. The van der Waals surface area contributed by atoms with Crippen molar-refractivity contribution in [2.24, 2.45) is 0 Å². The van der Waals surface area contributed by atoms with Gasteiger partial charge >= 0.3 is 0 Å². The zero-order valence-electron chi connectivity index (χ0n) is 7.50. The van der Waals surface area contributed by atoms with Gasteiger partial charge in [-0.2, -0.15) is 0 Å². The molecule has 0 rings (SSSR count). The Morgan fingerprint density at radius 3 is 2.45 bits per heavy atom. The Bertz CT molecular complexity index is 164. The molecule has 0 aromatic carbocycles. The highest BCUT2D eigenvalue weighted by Gasteiger charge is 1.85. The van der Waals surface area contributed by atoms with E-state index < -0.39 is 0 Å². The molecule has 0 bridgehead atoms. The molecule has 11 heavy (non-hydrogen) atoms. The van der Waals surface area contributed by atoms with Crippen LogP contribution in [0.2, 0.25) is 0 Å². The molecular weight excluding hydrogens is 136 g/mol. The molecule has 0 aromatic rings. The maximum Gasteiger partial charge on any atom is 0.118 e. The average Bonchev–Trinajstić information content (AvgIpc) is 2.01. The molecule has 0 aliphatic carbocycles. The van der Waals surface area contributed by atoms with Crippen LogP contribution in [0.1, 0.15) is 20.8 Å². The van der Waals surface area contributed by atoms with Crippen molar-refractivity contribution in [3.63, 3.8) is 0 Å². The SMILES string of the molecule is C\C=C/C(=C\C=C\C)OCC. The summed E-state index contributed by atoms with van der Waals surface area (Å²) in [6.45, 7) is 6.65. The summed E-state index contributed by atoms with van der Waals surface area (Å²) in [6.07, 6.45) is 9.80. The maximum atomic E-state index is 5.31. The number of hydrogen-bond donors (Lipinski definition) is 0. The lowest BCUT2D eigenvalue weighted by atomic mass is 10.4. The van der Waals surface area contributed by atoms with Crippen molar-refractivity contribution in [3.8, 4) is 0 Å². The smallest absolute Gasteiger partial charge is 0.118 e. The third-order valence-electron chi connectivity index (χ3n) is 1.09. The first-order chi connectivity index (χ1) is 5.35. The first-order valence-corrected chi connectivity index (χ1v) is 3.93. The average molecular weight is 152 g/mol. The Kier molecular flexibility index (Phi) is 6.50. The van der Waals surface area contributed by atoms with Gasteiger partial charge in [-0.05, 0) is 32.9 Å². The lowest BCUT2D eigenvalue weighted by Crippen LogP contribution is -1.86. The Labute approximate surface area is 69.1 Å². The third-order valence-corrected chi connectivity index (χ3v) is 1.09. The van der Waals surface area contributed by atoms with E-state index in [-0.39, 0.29) is 0 Å². The second-order valence-corrected chi connectivity index (χ2v) is 2.03. The molecule has 0 fully saturated rings. The Morgan fingerprint density at radius 1 is 1.27 bits per heavy atom. The summed E-state index contributed by atoms with van der Waals surface area (Å²) in [6, 6.07) is 0. The normalized spacial score (nSPS) is 13.2. The third kappa shape index (κ3) is 5.46. The summed E-state index contributed by atoms with van der Waals surface area (Å²) >= 11 is 0. The van der Waals surface area contributed by atoms with E-state index in [1.165, 1.54) is 0 Å². The lowest BCUT2D eigenvalue weighted by molar-refractivity contribution is 0.242. The van der Waals surface area contributed by atoms with E-state index >= 15 is 0 Å². The highest BCUT2D eigenvalue weighted by Crippen LogP contribution is 1.99. The van der Waals surface area contributed by atoms with Crippen LogP contribution in [0.3, 0.4) is 0 Å². The van der Waals surface area contributed by atoms with Crippen LogP contribution in [-0.4, -0.2) is 6.61 Å². The minimum atomic E-state index is 0.716. The molecule has 0 spiro atoms. The van der Waals surface area contributed by atoms with Crippen molar-refractivity contribution >= 4 is 0 Å². The van der Waals surface area contributed by atoms with Gasteiger partial charge in [-0.3, -0.25) is 0 Å². The van der Waals surface area contributed by atoms with Gasteiger partial charge in [-0.15, -0.1) is 0 Å². The van der Waals surface area contributed by atoms with E-state index in [0.717, 1.165) is 5.76 Å². The van der Waals surface area contributed by atoms with Gasteiger partial charge in [-0.25, -0.2) is 0 Å². The van der Waals surface area contributed by atoms with Crippen LogP contribution in [0, 0.1) is 0 Å². The summed E-state index contributed by atoms with van der Waals surface area (Å²) in [5.41, 5.74) is 0. The monoisotopic (exact) mass is 152 g/mol. The van der Waals surface area contributed by atoms with Gasteiger partial charge in [0.15, 0.2) is 0 Å². The fourth-order valence-electron chi connectivity index (χ4n) is 0.674. The minimum absolute atomic E-state index is 0.716. The summed E-state index contributed by atoms with van der Waals surface area (Å²) in [5.74, 6) is 0.910. The van der Waals surface area contributed by atoms with Crippen LogP contribution in [-0.2, 0) is 4.74 Å². The second-order valence-electron chi connectivity index (χ2n) is 2.03. The van der Waals surface area contributed by atoms with E-state index in [2.05, 4.69) is 0 Å². The van der Waals surface area contributed by atoms with Crippen LogP contribution < -0.4 is 0 Å². The van der Waals surface area contributed by atoms with E-state index in [4.69, 9.17) is 4.74 Å². The molecule has 0 saturated heterocycles. The molecule has 0 radical (unpaired) electrons. The number of ether oxygens (including phenoxy) is 1. The molecule has 1 nitrogen and oxygen atoms in total. The molecule has 0 N–H and O–H groups in total. The van der Waals surface area contributed by atoms with E-state index in [0.29, 0.717) is 6.61 Å². The molecule has 0 aromatic heterocycles. The van der Waals surface area contributed by atoms with Crippen molar-refractivity contribution in [1.29, 1.82) is 0 Å². The van der Waals surface area contributed by atoms with Crippen molar-refractivity contribution in [2.45, 2.75) is 20.8 Å². The minimum Gasteiger partial charge on any atom is -0.494 e. The first kappa shape index (κ1) is 10.0. The van der Waals surface area contributed by atoms with Crippen LogP contribution in [0.25, 0.3) is 0 Å². The highest BCUT2D eigenvalue weighted by atomic mass is 16.5. The Balaban J connectivity index is 4.07. The zero-order chi connectivity index (χ0) is 8.53. The first-order valence-electron chi connectivity index (χ1n) is 3.93. The van der Waals surface area contributed by atoms with E-state index in [1.54, 1.807) is 0 Å². The van der Waals surface area contributed by atoms with Gasteiger partial charge in [0, 0.05) is 0 Å². The van der Waals surface area contributed by atoms with Gasteiger partial charge in [-0.1, -0.05) is 18.2 Å². The van der Waals surface area contributed by atoms with E-state index in [1.807, 2.05) is 51.2 Å². The Hall–Kier alpha value is -0.980. The topological polar surface area (TPSA) is 9.23 Å². The molecular formula is C10H16O. The van der Waals surface area contributed by atoms with Crippen molar-refractivity contribution in [2.75, 3.05) is 6.61 Å². The van der Waals surface area contributed by atoms with Crippen molar-refractivity contribution in [3.05, 3.63) is 36.1 Å². The second kappa shape index (κ2) is 7.13. The largest absolute Gasteiger partial charge is 0.494 e. The summed E-state index contributed by atoms with van der Waals surface area (Å²) in [7, 11) is 0. The number of allylic oxidation sites excluding steroid dienone is 5. The molecule has 0 atom stereocenters. The van der Waals surface area contributed by atoms with Crippen LogP contribution in [0.4, 0.5) is 0 Å². The molecule has 62 valence electrons. The van der Waals surface area contributed by atoms with Crippen LogP contribution in [0.5, 0.6) is 0 Å². The number of rotatable bonds is 4. The van der Waals surface area contributed by atoms with Gasteiger partial charge < -0.3 is 4.74 Å². The molecule has 0 heterocycles. The molecule has 0 saturated carbocycles. The zero-order valence-corrected chi connectivity index (χ0v) is 7.50. The van der Waals surface area contributed by atoms with Gasteiger partial charge in [0.05, 0.1) is 6.61 Å². The fourth-order valence-corrected chi connectivity index (χ4v) is 0.674. The number of hydrogen-bond acceptors (Lipinski definition) is 1. The lowest BCUT2D eigenvalue weighted by Gasteiger charge is -2.00. The summed E-state index contributed by atoms with van der Waals surface area (Å²) in [4.78, 5) is 0. The quantitative estimate of drug-likeness (QED) is 0.444. The standard InChI is InChI=1S/C10H16O/c1-4-7-9-10(8-5-2)11-6-3/h4-5,7-9H,6H2,1-3H3/b7-4+,8-5-,10-9+. The molecule has 0 unspecified atom stereocenters. The summed E-state index contributed by atoms with van der Waals surface area (Å²) in [5, 5.41) is 0. The molecule has 1 heteroatoms. The van der Waals surface area contributed by atoms with Crippen LogP contribution in [0.15, 0.2) is 36.1 Å². The van der Waals surface area contributed by atoms with Gasteiger partial charge in [0.2, 0.25) is 0 Å². The van der Waals surface area contributed by atoms with Gasteiger partial charge in [0.1, 0.15) is 5.76 Å². The maximum absolute atomic E-state index is 5.31. The molecule has 0 amide bonds. The van der Waals surface area contributed by atoms with E-state index in [9.17, 15) is 0 Å². The van der Waals surface area contributed by atoms with Crippen molar-refractivity contribution in [1.82, 2.24) is 0 Å². The predicted molar refractivity (Wildman–Crippen MR) is 49.3 cm³/mol. The summed E-state index contributed by atoms with van der Waals surface area (Å²) < 4.78 is 5.31.